The first-order valence-electron chi connectivity index (χ1n) is 5.00. The summed E-state index contributed by atoms with van der Waals surface area (Å²) in [5.41, 5.74) is 0. The van der Waals surface area contributed by atoms with Crippen molar-refractivity contribution in [3.8, 4) is 0 Å². The second kappa shape index (κ2) is 4.28. The Hall–Kier alpha value is -0.610. The zero-order valence-electron chi connectivity index (χ0n) is 8.69. The van der Waals surface area contributed by atoms with Crippen molar-refractivity contribution in [1.29, 1.82) is 0 Å². The van der Waals surface area contributed by atoms with Crippen LogP contribution in [-0.4, -0.2) is 31.3 Å². The SMILES string of the molecule is COC1CCN(c2ncc(C)s2)CC1. The molecule has 0 aliphatic carbocycles. The van der Waals surface area contributed by atoms with E-state index in [0.717, 1.165) is 31.1 Å². The molecule has 1 fully saturated rings. The summed E-state index contributed by atoms with van der Waals surface area (Å²) in [6.45, 7) is 4.25. The molecule has 4 heteroatoms. The molecule has 0 N–H and O–H groups in total. The first-order valence-corrected chi connectivity index (χ1v) is 5.81. The van der Waals surface area contributed by atoms with Gasteiger partial charge in [-0.3, -0.25) is 0 Å². The highest BCUT2D eigenvalue weighted by Crippen LogP contribution is 2.25. The normalized spacial score (nSPS) is 18.9. The number of rotatable bonds is 2. The van der Waals surface area contributed by atoms with Crippen LogP contribution in [0.5, 0.6) is 0 Å². The first kappa shape index (κ1) is 9.93. The minimum Gasteiger partial charge on any atom is -0.381 e. The molecule has 3 nitrogen and oxygen atoms in total. The van der Waals surface area contributed by atoms with Crippen molar-refractivity contribution in [1.82, 2.24) is 4.98 Å². The van der Waals surface area contributed by atoms with Gasteiger partial charge in [0.2, 0.25) is 0 Å². The smallest absolute Gasteiger partial charge is 0.185 e. The number of nitrogens with zero attached hydrogens (tertiary/aromatic N) is 2. The summed E-state index contributed by atoms with van der Waals surface area (Å²) in [5, 5.41) is 1.16. The Morgan fingerprint density at radius 2 is 2.21 bits per heavy atom. The number of piperidine rings is 1. The van der Waals surface area contributed by atoms with E-state index in [-0.39, 0.29) is 0 Å². The van der Waals surface area contributed by atoms with Crippen LogP contribution in [0.1, 0.15) is 17.7 Å². The fraction of sp³-hybridized carbons (Fsp3) is 0.700. The number of hydrogen-bond acceptors (Lipinski definition) is 4. The number of aryl methyl sites for hydroxylation is 1. The van der Waals surface area contributed by atoms with Crippen molar-refractivity contribution in [2.75, 3.05) is 25.1 Å². The molecule has 2 rings (SSSR count). The van der Waals surface area contributed by atoms with E-state index in [2.05, 4.69) is 16.8 Å². The average Bonchev–Trinajstić information content (AvgIpc) is 2.65. The lowest BCUT2D eigenvalue weighted by Crippen LogP contribution is -2.36. The third-order valence-electron chi connectivity index (χ3n) is 2.65. The van der Waals surface area contributed by atoms with Crippen LogP contribution < -0.4 is 4.90 Å². The van der Waals surface area contributed by atoms with Crippen LogP contribution in [0, 0.1) is 6.92 Å². The first-order chi connectivity index (χ1) is 6.79. The van der Waals surface area contributed by atoms with Crippen LogP contribution in [0.2, 0.25) is 0 Å². The van der Waals surface area contributed by atoms with E-state index in [9.17, 15) is 0 Å². The number of ether oxygens (including phenoxy) is 1. The quantitative estimate of drug-likeness (QED) is 0.750. The predicted octanol–water partition coefficient (Wildman–Crippen LogP) is 2.07. The number of methoxy groups -OCH3 is 1. The highest BCUT2D eigenvalue weighted by Gasteiger charge is 2.20. The molecule has 1 aromatic rings. The minimum absolute atomic E-state index is 0.451. The fourth-order valence-electron chi connectivity index (χ4n) is 1.77. The third kappa shape index (κ3) is 2.07. The Bertz CT molecular complexity index is 292. The van der Waals surface area contributed by atoms with Crippen LogP contribution in [-0.2, 0) is 4.74 Å². The van der Waals surface area contributed by atoms with Gasteiger partial charge in [-0.25, -0.2) is 4.98 Å². The van der Waals surface area contributed by atoms with E-state index >= 15 is 0 Å². The zero-order chi connectivity index (χ0) is 9.97. The topological polar surface area (TPSA) is 25.4 Å². The van der Waals surface area contributed by atoms with E-state index < -0.39 is 0 Å². The maximum atomic E-state index is 5.34. The van der Waals surface area contributed by atoms with Crippen LogP contribution in [0.4, 0.5) is 5.13 Å². The van der Waals surface area contributed by atoms with Crippen LogP contribution in [0.3, 0.4) is 0 Å². The van der Waals surface area contributed by atoms with E-state index in [0.29, 0.717) is 6.10 Å². The summed E-state index contributed by atoms with van der Waals surface area (Å²) in [7, 11) is 1.80. The highest BCUT2D eigenvalue weighted by molar-refractivity contribution is 7.15. The molecule has 0 aromatic carbocycles. The molecule has 0 bridgehead atoms. The summed E-state index contributed by atoms with van der Waals surface area (Å²) in [6.07, 6.45) is 4.64. The predicted molar refractivity (Wildman–Crippen MR) is 59.1 cm³/mol. The molecule has 0 unspecified atom stereocenters. The largest absolute Gasteiger partial charge is 0.381 e. The summed E-state index contributed by atoms with van der Waals surface area (Å²) in [6, 6.07) is 0. The lowest BCUT2D eigenvalue weighted by atomic mass is 10.1. The van der Waals surface area contributed by atoms with Gasteiger partial charge < -0.3 is 9.64 Å². The Morgan fingerprint density at radius 1 is 1.50 bits per heavy atom. The number of aromatic nitrogens is 1. The van der Waals surface area contributed by atoms with Gasteiger partial charge in [-0.05, 0) is 19.8 Å². The molecule has 0 saturated carbocycles. The van der Waals surface area contributed by atoms with Crippen molar-refractivity contribution >= 4 is 16.5 Å². The van der Waals surface area contributed by atoms with Crippen molar-refractivity contribution in [2.24, 2.45) is 0 Å². The number of anilines is 1. The van der Waals surface area contributed by atoms with Gasteiger partial charge in [-0.2, -0.15) is 0 Å². The Labute approximate surface area is 88.7 Å². The molecule has 14 heavy (non-hydrogen) atoms. The Morgan fingerprint density at radius 3 is 2.71 bits per heavy atom. The van der Waals surface area contributed by atoms with E-state index in [1.807, 2.05) is 6.20 Å². The zero-order valence-corrected chi connectivity index (χ0v) is 9.51. The molecule has 0 atom stereocenters. The van der Waals surface area contributed by atoms with Crippen molar-refractivity contribution in [3.05, 3.63) is 11.1 Å². The van der Waals surface area contributed by atoms with Crippen molar-refractivity contribution < 1.29 is 4.74 Å². The number of thiazole rings is 1. The molecule has 0 radical (unpaired) electrons. The Kier molecular flexibility index (Phi) is 3.03. The molecule has 0 amide bonds. The number of hydrogen-bond donors (Lipinski definition) is 0. The molecule has 1 aliphatic heterocycles. The molecular formula is C10H16N2OS. The molecule has 1 aromatic heterocycles. The monoisotopic (exact) mass is 212 g/mol. The summed E-state index contributed by atoms with van der Waals surface area (Å²) in [5.74, 6) is 0. The highest BCUT2D eigenvalue weighted by atomic mass is 32.1. The second-order valence-corrected chi connectivity index (χ2v) is 4.89. The van der Waals surface area contributed by atoms with Gasteiger partial charge in [0.05, 0.1) is 6.10 Å². The van der Waals surface area contributed by atoms with Gasteiger partial charge in [0, 0.05) is 31.3 Å². The summed E-state index contributed by atoms with van der Waals surface area (Å²) < 4.78 is 5.34. The maximum absolute atomic E-state index is 5.34. The standard InChI is InChI=1S/C10H16N2OS/c1-8-7-11-10(14-8)12-5-3-9(13-2)4-6-12/h7,9H,3-6H2,1-2H3. The van der Waals surface area contributed by atoms with Gasteiger partial charge >= 0.3 is 0 Å². The van der Waals surface area contributed by atoms with Crippen LogP contribution in [0.25, 0.3) is 0 Å². The second-order valence-electron chi connectivity index (χ2n) is 3.68. The van der Waals surface area contributed by atoms with Crippen molar-refractivity contribution in [2.45, 2.75) is 25.9 Å². The third-order valence-corrected chi connectivity index (χ3v) is 3.63. The maximum Gasteiger partial charge on any atom is 0.185 e. The molecule has 78 valence electrons. The lowest BCUT2D eigenvalue weighted by Gasteiger charge is -2.30. The van der Waals surface area contributed by atoms with E-state index in [4.69, 9.17) is 4.74 Å². The molecule has 1 saturated heterocycles. The van der Waals surface area contributed by atoms with Gasteiger partial charge in [0.25, 0.3) is 0 Å². The molecular weight excluding hydrogens is 196 g/mol. The molecule has 2 heterocycles. The summed E-state index contributed by atoms with van der Waals surface area (Å²) in [4.78, 5) is 8.03. The van der Waals surface area contributed by atoms with Crippen molar-refractivity contribution in [3.63, 3.8) is 0 Å². The van der Waals surface area contributed by atoms with Gasteiger partial charge in [0.15, 0.2) is 5.13 Å². The lowest BCUT2D eigenvalue weighted by molar-refractivity contribution is 0.0819. The van der Waals surface area contributed by atoms with Crippen LogP contribution >= 0.6 is 11.3 Å². The average molecular weight is 212 g/mol. The molecule has 0 spiro atoms. The summed E-state index contributed by atoms with van der Waals surface area (Å²) >= 11 is 1.78. The molecule has 1 aliphatic rings. The Balaban J connectivity index is 1.95. The fourth-order valence-corrected chi connectivity index (χ4v) is 2.58. The van der Waals surface area contributed by atoms with E-state index in [1.165, 1.54) is 4.88 Å². The van der Waals surface area contributed by atoms with E-state index in [1.54, 1.807) is 18.4 Å². The van der Waals surface area contributed by atoms with Gasteiger partial charge in [0.1, 0.15) is 0 Å². The van der Waals surface area contributed by atoms with Crippen LogP contribution in [0.15, 0.2) is 6.20 Å². The minimum atomic E-state index is 0.451. The van der Waals surface area contributed by atoms with Gasteiger partial charge in [-0.1, -0.05) is 0 Å². The van der Waals surface area contributed by atoms with Gasteiger partial charge in [-0.15, -0.1) is 11.3 Å².